The number of carboxylic acid groups (broad SMARTS) is 1. The van der Waals surface area contributed by atoms with Gasteiger partial charge < -0.3 is 24.6 Å². The first kappa shape index (κ1) is 14.4. The molecule has 2 rings (SSSR count). The van der Waals surface area contributed by atoms with Gasteiger partial charge in [0.1, 0.15) is 5.76 Å². The van der Waals surface area contributed by atoms with Gasteiger partial charge in [-0.05, 0) is 18.7 Å². The van der Waals surface area contributed by atoms with E-state index in [9.17, 15) is 9.59 Å². The summed E-state index contributed by atoms with van der Waals surface area (Å²) in [6.07, 6.45) is 0. The average Bonchev–Trinajstić information content (AvgIpc) is 2.94. The number of amides is 2. The number of nitrogens with zero attached hydrogens (tertiary/aromatic N) is 2. The Hall–Kier alpha value is -2.02. The highest BCUT2D eigenvalue weighted by atomic mass is 16.4. The van der Waals surface area contributed by atoms with Crippen molar-refractivity contribution in [2.45, 2.75) is 13.5 Å². The molecule has 1 aliphatic rings. The van der Waals surface area contributed by atoms with E-state index in [-0.39, 0.29) is 18.3 Å². The van der Waals surface area contributed by atoms with E-state index in [2.05, 4.69) is 17.1 Å². The van der Waals surface area contributed by atoms with Crippen LogP contribution in [-0.4, -0.2) is 59.6 Å². The van der Waals surface area contributed by atoms with E-state index in [1.54, 1.807) is 11.0 Å². The maximum absolute atomic E-state index is 11.9. The van der Waals surface area contributed by atoms with E-state index < -0.39 is 5.97 Å². The third-order valence-corrected chi connectivity index (χ3v) is 3.39. The maximum atomic E-state index is 11.9. The summed E-state index contributed by atoms with van der Waals surface area (Å²) < 4.78 is 5.08. The Bertz CT molecular complexity index is 478. The first-order valence-electron chi connectivity index (χ1n) is 6.67. The molecule has 0 aromatic carbocycles. The summed E-state index contributed by atoms with van der Waals surface area (Å²) in [4.78, 5) is 26.7. The predicted octanol–water partition coefficient (Wildman–Crippen LogP) is 0.825. The molecule has 0 radical (unpaired) electrons. The smallest absolute Gasteiger partial charge is 0.371 e. The predicted molar refractivity (Wildman–Crippen MR) is 71.6 cm³/mol. The second kappa shape index (κ2) is 6.42. The average molecular weight is 281 g/mol. The molecule has 2 heterocycles. The Morgan fingerprint density at radius 1 is 1.30 bits per heavy atom. The lowest BCUT2D eigenvalue weighted by molar-refractivity contribution is 0.0660. The van der Waals surface area contributed by atoms with Crippen LogP contribution in [0.2, 0.25) is 0 Å². The van der Waals surface area contributed by atoms with E-state index in [4.69, 9.17) is 9.52 Å². The maximum Gasteiger partial charge on any atom is 0.371 e. The molecule has 1 aromatic heterocycles. The largest absolute Gasteiger partial charge is 0.475 e. The zero-order valence-electron chi connectivity index (χ0n) is 11.5. The molecule has 0 bridgehead atoms. The molecule has 1 aliphatic heterocycles. The number of carboxylic acids is 1. The van der Waals surface area contributed by atoms with Crippen LogP contribution in [0.5, 0.6) is 0 Å². The monoisotopic (exact) mass is 281 g/mol. The zero-order valence-corrected chi connectivity index (χ0v) is 11.5. The minimum Gasteiger partial charge on any atom is -0.475 e. The van der Waals surface area contributed by atoms with Crippen LogP contribution in [-0.2, 0) is 6.54 Å². The summed E-state index contributed by atoms with van der Waals surface area (Å²) in [5.74, 6) is -0.799. The van der Waals surface area contributed by atoms with E-state index in [1.807, 2.05) is 0 Å². The van der Waals surface area contributed by atoms with Crippen LogP contribution in [0.3, 0.4) is 0 Å². The van der Waals surface area contributed by atoms with E-state index in [1.165, 1.54) is 6.07 Å². The molecule has 2 N–H and O–H groups in total. The van der Waals surface area contributed by atoms with Crippen molar-refractivity contribution < 1.29 is 19.1 Å². The molecule has 0 atom stereocenters. The van der Waals surface area contributed by atoms with Crippen molar-refractivity contribution in [2.75, 3.05) is 32.7 Å². The fourth-order valence-electron chi connectivity index (χ4n) is 2.13. The topological polar surface area (TPSA) is 86.0 Å². The van der Waals surface area contributed by atoms with Crippen molar-refractivity contribution in [3.05, 3.63) is 23.7 Å². The van der Waals surface area contributed by atoms with Gasteiger partial charge in [-0.1, -0.05) is 6.92 Å². The summed E-state index contributed by atoms with van der Waals surface area (Å²) in [7, 11) is 0. The number of piperazine rings is 1. The van der Waals surface area contributed by atoms with Crippen LogP contribution in [0.25, 0.3) is 0 Å². The number of hydrogen-bond donors (Lipinski definition) is 2. The van der Waals surface area contributed by atoms with E-state index >= 15 is 0 Å². The molecule has 0 spiro atoms. The number of carbonyl (C=O) groups excluding carboxylic acids is 1. The van der Waals surface area contributed by atoms with Gasteiger partial charge in [0.15, 0.2) is 0 Å². The van der Waals surface area contributed by atoms with Crippen LogP contribution < -0.4 is 5.32 Å². The van der Waals surface area contributed by atoms with Gasteiger partial charge in [0, 0.05) is 26.2 Å². The quantitative estimate of drug-likeness (QED) is 0.853. The fraction of sp³-hybridized carbons (Fsp3) is 0.538. The van der Waals surface area contributed by atoms with Crippen LogP contribution in [0.4, 0.5) is 4.79 Å². The fourth-order valence-corrected chi connectivity index (χ4v) is 2.13. The van der Waals surface area contributed by atoms with E-state index in [0.29, 0.717) is 18.8 Å². The van der Waals surface area contributed by atoms with Crippen molar-refractivity contribution >= 4 is 12.0 Å². The molecule has 0 saturated carbocycles. The second-order valence-electron chi connectivity index (χ2n) is 4.65. The van der Waals surface area contributed by atoms with Gasteiger partial charge in [0.25, 0.3) is 0 Å². The molecule has 1 fully saturated rings. The normalized spacial score (nSPS) is 16.1. The van der Waals surface area contributed by atoms with Crippen LogP contribution in [0.1, 0.15) is 23.2 Å². The number of carbonyl (C=O) groups is 2. The Kier molecular flexibility index (Phi) is 4.62. The van der Waals surface area contributed by atoms with E-state index in [0.717, 1.165) is 19.6 Å². The highest BCUT2D eigenvalue weighted by molar-refractivity contribution is 5.84. The van der Waals surface area contributed by atoms with Gasteiger partial charge in [-0.3, -0.25) is 0 Å². The zero-order chi connectivity index (χ0) is 14.5. The van der Waals surface area contributed by atoms with Crippen LogP contribution >= 0.6 is 0 Å². The summed E-state index contributed by atoms with van der Waals surface area (Å²) >= 11 is 0. The van der Waals surface area contributed by atoms with Crippen molar-refractivity contribution in [3.8, 4) is 0 Å². The molecular weight excluding hydrogens is 262 g/mol. The van der Waals surface area contributed by atoms with Crippen LogP contribution in [0, 0.1) is 0 Å². The molecule has 0 unspecified atom stereocenters. The summed E-state index contributed by atoms with van der Waals surface area (Å²) in [6, 6.07) is 2.79. The minimum absolute atomic E-state index is 0.120. The third kappa shape index (κ3) is 3.51. The molecule has 110 valence electrons. The number of urea groups is 1. The standard InChI is InChI=1S/C13H19N3O4/c1-2-15-5-7-16(8-6-15)13(19)14-9-10-3-4-11(20-10)12(17)18/h3-4H,2,5-9H2,1H3,(H,14,19)(H,17,18). The van der Waals surface area contributed by atoms with Crippen LogP contribution in [0.15, 0.2) is 16.5 Å². The van der Waals surface area contributed by atoms with Crippen molar-refractivity contribution in [2.24, 2.45) is 0 Å². The number of furan rings is 1. The van der Waals surface area contributed by atoms with Crippen molar-refractivity contribution in [1.82, 2.24) is 15.1 Å². The number of likely N-dealkylation sites (N-methyl/N-ethyl adjacent to an activating group) is 1. The molecule has 2 amide bonds. The molecule has 20 heavy (non-hydrogen) atoms. The van der Waals surface area contributed by atoms with Gasteiger partial charge in [-0.25, -0.2) is 9.59 Å². The Morgan fingerprint density at radius 2 is 2.00 bits per heavy atom. The highest BCUT2D eigenvalue weighted by Crippen LogP contribution is 2.08. The van der Waals surface area contributed by atoms with Gasteiger partial charge in [-0.2, -0.15) is 0 Å². The molecular formula is C13H19N3O4. The van der Waals surface area contributed by atoms with Gasteiger partial charge in [0.2, 0.25) is 5.76 Å². The van der Waals surface area contributed by atoms with Gasteiger partial charge >= 0.3 is 12.0 Å². The molecule has 7 nitrogen and oxygen atoms in total. The Labute approximate surface area is 117 Å². The Morgan fingerprint density at radius 3 is 2.55 bits per heavy atom. The first-order valence-corrected chi connectivity index (χ1v) is 6.67. The number of rotatable bonds is 4. The van der Waals surface area contributed by atoms with Gasteiger partial charge in [0.05, 0.1) is 6.54 Å². The summed E-state index contributed by atoms with van der Waals surface area (Å²) in [6.45, 7) is 6.48. The lowest BCUT2D eigenvalue weighted by Crippen LogP contribution is -2.51. The van der Waals surface area contributed by atoms with Gasteiger partial charge in [-0.15, -0.1) is 0 Å². The second-order valence-corrected chi connectivity index (χ2v) is 4.65. The molecule has 1 saturated heterocycles. The van der Waals surface area contributed by atoms with Crippen molar-refractivity contribution in [1.29, 1.82) is 0 Å². The SMILES string of the molecule is CCN1CCN(C(=O)NCc2ccc(C(=O)O)o2)CC1. The minimum atomic E-state index is -1.11. The number of hydrogen-bond acceptors (Lipinski definition) is 4. The highest BCUT2D eigenvalue weighted by Gasteiger charge is 2.20. The molecule has 1 aromatic rings. The van der Waals surface area contributed by atoms with Crippen molar-refractivity contribution in [3.63, 3.8) is 0 Å². The molecule has 7 heteroatoms. The molecule has 0 aliphatic carbocycles. The lowest BCUT2D eigenvalue weighted by Gasteiger charge is -2.33. The third-order valence-electron chi connectivity index (χ3n) is 3.39. The number of nitrogens with one attached hydrogen (secondary N) is 1. The Balaban J connectivity index is 1.78. The number of aromatic carboxylic acids is 1. The lowest BCUT2D eigenvalue weighted by atomic mass is 10.3. The first-order chi connectivity index (χ1) is 9.60. The summed E-state index contributed by atoms with van der Waals surface area (Å²) in [5.41, 5.74) is 0. The summed E-state index contributed by atoms with van der Waals surface area (Å²) in [5, 5.41) is 11.5.